The van der Waals surface area contributed by atoms with Gasteiger partial charge in [-0.2, -0.15) is 0 Å². The molecular weight excluding hydrogens is 418 g/mol. The Labute approximate surface area is 172 Å². The van der Waals surface area contributed by atoms with Gasteiger partial charge >= 0.3 is 0 Å². The molecule has 2 aliphatic heterocycles. The van der Waals surface area contributed by atoms with Crippen LogP contribution in [-0.2, 0) is 16.4 Å². The number of fused-ring (bicyclic) bond motifs is 1. The fourth-order valence-electron chi connectivity index (χ4n) is 3.16. The molecule has 1 amide bonds. The van der Waals surface area contributed by atoms with E-state index in [1.807, 2.05) is 18.2 Å². The Morgan fingerprint density at radius 3 is 2.61 bits per heavy atom. The Hall–Kier alpha value is -2.03. The number of halogens is 1. The first-order valence-electron chi connectivity index (χ1n) is 8.73. The van der Waals surface area contributed by atoms with Gasteiger partial charge in [-0.25, -0.2) is 8.42 Å². The lowest BCUT2D eigenvalue weighted by molar-refractivity contribution is 0.0951. The highest BCUT2D eigenvalue weighted by Crippen LogP contribution is 2.34. The summed E-state index contributed by atoms with van der Waals surface area (Å²) in [6.07, 6.45) is 0. The van der Waals surface area contributed by atoms with E-state index in [0.717, 1.165) is 16.4 Å². The largest absolute Gasteiger partial charge is 0.348 e. The average Bonchev–Trinajstić information content (AvgIpc) is 3.14. The van der Waals surface area contributed by atoms with Crippen molar-refractivity contribution in [3.05, 3.63) is 64.7 Å². The van der Waals surface area contributed by atoms with Crippen LogP contribution < -0.4 is 10.6 Å². The minimum Gasteiger partial charge on any atom is -0.348 e. The van der Waals surface area contributed by atoms with Crippen molar-refractivity contribution in [3.63, 3.8) is 0 Å². The molecule has 0 aliphatic carbocycles. The van der Waals surface area contributed by atoms with E-state index in [9.17, 15) is 13.2 Å². The first kappa shape index (κ1) is 19.3. The van der Waals surface area contributed by atoms with E-state index in [1.165, 1.54) is 11.8 Å². The molecule has 146 valence electrons. The molecular formula is C19H18ClN3O3S2. The quantitative estimate of drug-likeness (QED) is 0.770. The summed E-state index contributed by atoms with van der Waals surface area (Å²) < 4.78 is 23.2. The highest BCUT2D eigenvalue weighted by molar-refractivity contribution is 8.15. The van der Waals surface area contributed by atoms with Crippen molar-refractivity contribution in [1.29, 1.82) is 0 Å². The number of hydrogen-bond acceptors (Lipinski definition) is 6. The third kappa shape index (κ3) is 4.34. The molecule has 2 aromatic rings. The molecule has 2 N–H and O–H groups in total. The molecule has 2 aromatic carbocycles. The number of nitrogens with one attached hydrogen (secondary N) is 2. The van der Waals surface area contributed by atoms with Gasteiger partial charge in [0.25, 0.3) is 5.91 Å². The van der Waals surface area contributed by atoms with Crippen molar-refractivity contribution in [2.45, 2.75) is 17.8 Å². The molecule has 28 heavy (non-hydrogen) atoms. The van der Waals surface area contributed by atoms with Crippen LogP contribution in [0.2, 0.25) is 5.02 Å². The summed E-state index contributed by atoms with van der Waals surface area (Å²) in [7, 11) is -2.95. The molecule has 1 saturated heterocycles. The van der Waals surface area contributed by atoms with Crippen LogP contribution in [0.4, 0.5) is 5.69 Å². The molecule has 0 saturated carbocycles. The van der Waals surface area contributed by atoms with Gasteiger partial charge in [0.05, 0.1) is 17.5 Å². The van der Waals surface area contributed by atoms with E-state index >= 15 is 0 Å². The highest BCUT2D eigenvalue weighted by atomic mass is 35.5. The first-order valence-corrected chi connectivity index (χ1v) is 11.8. The maximum Gasteiger partial charge on any atom is 0.251 e. The topological polar surface area (TPSA) is 87.6 Å². The van der Waals surface area contributed by atoms with Gasteiger partial charge in [0, 0.05) is 28.1 Å². The number of amides is 1. The monoisotopic (exact) mass is 435 g/mol. The Morgan fingerprint density at radius 1 is 1.14 bits per heavy atom. The van der Waals surface area contributed by atoms with Crippen molar-refractivity contribution in [2.75, 3.05) is 16.8 Å². The maximum atomic E-state index is 12.3. The van der Waals surface area contributed by atoms with Gasteiger partial charge in [-0.15, -0.1) is 0 Å². The Kier molecular flexibility index (Phi) is 5.35. The molecule has 0 spiro atoms. The lowest BCUT2D eigenvalue weighted by Crippen LogP contribution is -2.22. The summed E-state index contributed by atoms with van der Waals surface area (Å²) >= 11 is 7.56. The van der Waals surface area contributed by atoms with E-state index in [2.05, 4.69) is 15.6 Å². The summed E-state index contributed by atoms with van der Waals surface area (Å²) in [6.45, 7) is 0.359. The molecule has 2 atom stereocenters. The summed E-state index contributed by atoms with van der Waals surface area (Å²) in [5.74, 6) is 0.126. The van der Waals surface area contributed by atoms with E-state index < -0.39 is 9.84 Å². The molecule has 9 heteroatoms. The third-order valence-electron chi connectivity index (χ3n) is 4.61. The van der Waals surface area contributed by atoms with Crippen molar-refractivity contribution in [2.24, 2.45) is 4.99 Å². The van der Waals surface area contributed by atoms with Gasteiger partial charge in [0.2, 0.25) is 0 Å². The van der Waals surface area contributed by atoms with E-state index in [0.29, 0.717) is 17.1 Å². The average molecular weight is 436 g/mol. The second kappa shape index (κ2) is 7.77. The highest BCUT2D eigenvalue weighted by Gasteiger charge is 2.42. The van der Waals surface area contributed by atoms with Crippen LogP contribution in [0.3, 0.4) is 0 Å². The first-order chi connectivity index (χ1) is 13.4. The standard InChI is InChI=1S/C19H18ClN3O3S2/c20-15-4-2-1-3-13(15)9-21-18(24)12-5-7-14(8-6-12)22-19-23-16-10-28(25,26)11-17(16)27-19/h1-8,16-17H,9-11H2,(H,21,24)(H,22,23)/t16-,17+/m1/s1. The second-order valence-corrected chi connectivity index (χ2v) is 10.5. The van der Waals surface area contributed by atoms with Gasteiger partial charge < -0.3 is 10.6 Å². The van der Waals surface area contributed by atoms with Crippen LogP contribution in [0.25, 0.3) is 0 Å². The SMILES string of the molecule is O=C(NCc1ccccc1Cl)c1ccc(NC2=N[C@@H]3CS(=O)(=O)C[C@@H]3S2)cc1. The number of carbonyl (C=O) groups is 1. The predicted molar refractivity (Wildman–Crippen MR) is 114 cm³/mol. The van der Waals surface area contributed by atoms with Crippen molar-refractivity contribution in [3.8, 4) is 0 Å². The number of nitrogens with zero attached hydrogens (tertiary/aromatic N) is 1. The number of benzene rings is 2. The number of sulfone groups is 1. The van der Waals surface area contributed by atoms with Gasteiger partial charge in [-0.1, -0.05) is 41.6 Å². The second-order valence-electron chi connectivity index (χ2n) is 6.71. The van der Waals surface area contributed by atoms with Crippen molar-refractivity contribution >= 4 is 50.0 Å². The summed E-state index contributed by atoms with van der Waals surface area (Å²) in [4.78, 5) is 16.8. The van der Waals surface area contributed by atoms with Crippen LogP contribution in [0.5, 0.6) is 0 Å². The number of amidine groups is 1. The zero-order valence-electron chi connectivity index (χ0n) is 14.8. The van der Waals surface area contributed by atoms with Crippen molar-refractivity contribution in [1.82, 2.24) is 5.32 Å². The van der Waals surface area contributed by atoms with Crippen LogP contribution in [0.1, 0.15) is 15.9 Å². The zero-order valence-corrected chi connectivity index (χ0v) is 17.2. The summed E-state index contributed by atoms with van der Waals surface area (Å²) in [6, 6.07) is 14.3. The third-order valence-corrected chi connectivity index (χ3v) is 8.12. The Morgan fingerprint density at radius 2 is 1.89 bits per heavy atom. The smallest absolute Gasteiger partial charge is 0.251 e. The molecule has 2 aliphatic rings. The van der Waals surface area contributed by atoms with Crippen LogP contribution in [0, 0.1) is 0 Å². The fraction of sp³-hybridized carbons (Fsp3) is 0.263. The minimum atomic E-state index is -2.95. The molecule has 0 radical (unpaired) electrons. The van der Waals surface area contributed by atoms with Gasteiger partial charge in [-0.3, -0.25) is 9.79 Å². The zero-order chi connectivity index (χ0) is 19.7. The molecule has 6 nitrogen and oxygen atoms in total. The molecule has 1 fully saturated rings. The molecule has 2 heterocycles. The van der Waals surface area contributed by atoms with E-state index in [1.54, 1.807) is 30.3 Å². The fourth-order valence-corrected chi connectivity index (χ4v) is 7.04. The molecule has 4 rings (SSSR count). The number of hydrogen-bond donors (Lipinski definition) is 2. The molecule has 0 unspecified atom stereocenters. The molecule has 0 aromatic heterocycles. The number of anilines is 1. The number of carbonyl (C=O) groups excluding carboxylic acids is 1. The number of aliphatic imine (C=N–C) groups is 1. The van der Waals surface area contributed by atoms with Gasteiger partial charge in [0.15, 0.2) is 15.0 Å². The lowest BCUT2D eigenvalue weighted by atomic mass is 10.1. The number of thioether (sulfide) groups is 1. The lowest BCUT2D eigenvalue weighted by Gasteiger charge is -2.09. The maximum absolute atomic E-state index is 12.3. The minimum absolute atomic E-state index is 0.00219. The Balaban J connectivity index is 1.34. The predicted octanol–water partition coefficient (Wildman–Crippen LogP) is 2.95. The molecule has 0 bridgehead atoms. The van der Waals surface area contributed by atoms with E-state index in [4.69, 9.17) is 11.6 Å². The van der Waals surface area contributed by atoms with Crippen LogP contribution in [0.15, 0.2) is 53.5 Å². The summed E-state index contributed by atoms with van der Waals surface area (Å²) in [5, 5.41) is 7.40. The van der Waals surface area contributed by atoms with Gasteiger partial charge in [-0.05, 0) is 35.9 Å². The normalized spacial score (nSPS) is 22.4. The van der Waals surface area contributed by atoms with E-state index in [-0.39, 0.29) is 28.7 Å². The van der Waals surface area contributed by atoms with Crippen LogP contribution >= 0.6 is 23.4 Å². The summed E-state index contributed by atoms with van der Waals surface area (Å²) in [5.41, 5.74) is 2.21. The Bertz CT molecular complexity index is 1040. The van der Waals surface area contributed by atoms with Gasteiger partial charge in [0.1, 0.15) is 0 Å². The van der Waals surface area contributed by atoms with Crippen LogP contribution in [-0.4, -0.2) is 42.3 Å². The number of rotatable bonds is 4. The van der Waals surface area contributed by atoms with Crippen molar-refractivity contribution < 1.29 is 13.2 Å².